The summed E-state index contributed by atoms with van der Waals surface area (Å²) in [5.74, 6) is 2.73. The molecule has 0 saturated heterocycles. The average Bonchev–Trinajstić information content (AvgIpc) is 3.13. The first-order valence-electron chi connectivity index (χ1n) is 15.5. The molecule has 0 aliphatic heterocycles. The summed E-state index contributed by atoms with van der Waals surface area (Å²) in [4.78, 5) is 0. The van der Waals surface area contributed by atoms with Gasteiger partial charge >= 0.3 is 0 Å². The number of hydrogen-bond acceptors (Lipinski definition) is 3. The number of para-hydroxylation sites is 3. The lowest BCUT2D eigenvalue weighted by molar-refractivity contribution is 0.414. The van der Waals surface area contributed by atoms with E-state index in [4.69, 9.17) is 14.2 Å². The Hall–Kier alpha value is -4.50. The van der Waals surface area contributed by atoms with E-state index in [0.717, 1.165) is 42.9 Å². The van der Waals surface area contributed by atoms with Gasteiger partial charge in [-0.25, -0.2) is 0 Å². The maximum absolute atomic E-state index is 4.91. The normalized spacial score (nSPS) is 8.76. The monoisotopic (exact) mass is 624 g/mol. The first-order chi connectivity index (χ1) is 21.5. The average molecular weight is 625 g/mol. The molecule has 3 nitrogen and oxygen atoms in total. The highest BCUT2D eigenvalue weighted by Crippen LogP contribution is 2.08. The van der Waals surface area contributed by atoms with Crippen LogP contribution in [0.5, 0.6) is 17.2 Å². The van der Waals surface area contributed by atoms with E-state index in [1.165, 1.54) is 22.3 Å². The summed E-state index contributed by atoms with van der Waals surface area (Å²) in [6, 6.07) is 46.7. The fraction of sp³-hybridized carbons (Fsp3) is 0.302. The maximum Gasteiger partial charge on any atom is 0.118 e. The Morgan fingerprint density at radius 2 is 0.478 bits per heavy atom. The largest absolute Gasteiger partial charge is 0.497 e. The van der Waals surface area contributed by atoms with Crippen molar-refractivity contribution in [1.82, 2.24) is 0 Å². The van der Waals surface area contributed by atoms with Crippen molar-refractivity contribution in [2.45, 2.75) is 68.2 Å². The van der Waals surface area contributed by atoms with Crippen LogP contribution in [0.4, 0.5) is 0 Å². The van der Waals surface area contributed by atoms with Gasteiger partial charge in [-0.2, -0.15) is 0 Å². The number of benzene rings is 5. The zero-order chi connectivity index (χ0) is 32.3. The number of aryl methyl sites for hydroxylation is 4. The van der Waals surface area contributed by atoms with Gasteiger partial charge in [0.15, 0.2) is 0 Å². The minimum Gasteiger partial charge on any atom is -0.497 e. The summed E-state index contributed by atoms with van der Waals surface area (Å²) >= 11 is 0. The van der Waals surface area contributed by atoms with Crippen LogP contribution in [0.1, 0.15) is 64.8 Å². The van der Waals surface area contributed by atoms with Crippen LogP contribution in [0.3, 0.4) is 0 Å². The first-order valence-corrected chi connectivity index (χ1v) is 15.5. The topological polar surface area (TPSA) is 27.7 Å². The molecule has 0 bridgehead atoms. The Kier molecular flexibility index (Phi) is 27.7. The zero-order valence-corrected chi connectivity index (χ0v) is 27.8. The molecule has 5 rings (SSSR count). The lowest BCUT2D eigenvalue weighted by atomic mass is 10.1. The predicted octanol–water partition coefficient (Wildman–Crippen LogP) is 12.0. The van der Waals surface area contributed by atoms with Crippen LogP contribution in [0.25, 0.3) is 0 Å². The van der Waals surface area contributed by atoms with Gasteiger partial charge in [-0.05, 0) is 84.3 Å². The van der Waals surface area contributed by atoms with Crippen LogP contribution in [0, 0.1) is 0 Å². The quantitative estimate of drug-likeness (QED) is 0.180. The molecule has 5 aromatic rings. The van der Waals surface area contributed by atoms with Crippen molar-refractivity contribution in [2.75, 3.05) is 21.3 Å². The Morgan fingerprint density at radius 1 is 0.304 bits per heavy atom. The molecule has 0 aliphatic carbocycles. The lowest BCUT2D eigenvalue weighted by Crippen LogP contribution is -1.81. The molecular formula is C43H60O3. The fourth-order valence-electron chi connectivity index (χ4n) is 3.69. The molecular weight excluding hydrogens is 564 g/mol. The van der Waals surface area contributed by atoms with Crippen LogP contribution in [-0.4, -0.2) is 21.3 Å². The minimum atomic E-state index is 0. The maximum atomic E-state index is 4.91. The molecule has 0 aromatic heterocycles. The Labute approximate surface area is 282 Å². The molecule has 250 valence electrons. The Morgan fingerprint density at radius 3 is 0.587 bits per heavy atom. The molecule has 0 saturated carbocycles. The summed E-state index contributed by atoms with van der Waals surface area (Å²) in [6.07, 6.45) is 4.57. The third-order valence-electron chi connectivity index (χ3n) is 6.62. The van der Waals surface area contributed by atoms with Gasteiger partial charge in [0.25, 0.3) is 0 Å². The molecule has 0 spiro atoms. The number of hydrogen-bond donors (Lipinski definition) is 0. The molecule has 0 fully saturated rings. The van der Waals surface area contributed by atoms with Crippen molar-refractivity contribution in [3.05, 3.63) is 162 Å². The smallest absolute Gasteiger partial charge is 0.118 e. The molecule has 0 aliphatic rings. The summed E-state index contributed by atoms with van der Waals surface area (Å²) < 4.78 is 14.7. The van der Waals surface area contributed by atoms with Gasteiger partial charge < -0.3 is 14.2 Å². The molecule has 0 amide bonds. The molecule has 0 N–H and O–H groups in total. The SMILES string of the molecule is C.C.CCc1ccc(CC)cc1.CCc1ccc(CC)cc1.COc1ccccc1.COc1ccccc1.COc1ccccc1. The van der Waals surface area contributed by atoms with E-state index in [1.807, 2.05) is 91.0 Å². The Bertz CT molecular complexity index is 1110. The van der Waals surface area contributed by atoms with Crippen LogP contribution < -0.4 is 14.2 Å². The predicted molar refractivity (Wildman–Crippen MR) is 203 cm³/mol. The number of ether oxygens (including phenoxy) is 3. The van der Waals surface area contributed by atoms with Crippen LogP contribution in [0.2, 0.25) is 0 Å². The summed E-state index contributed by atoms with van der Waals surface area (Å²) in [6.45, 7) is 8.73. The van der Waals surface area contributed by atoms with Gasteiger partial charge in [0.05, 0.1) is 21.3 Å². The minimum absolute atomic E-state index is 0. The third-order valence-corrected chi connectivity index (χ3v) is 6.62. The van der Waals surface area contributed by atoms with Crippen molar-refractivity contribution < 1.29 is 14.2 Å². The van der Waals surface area contributed by atoms with Crippen molar-refractivity contribution in [1.29, 1.82) is 0 Å². The molecule has 0 heterocycles. The van der Waals surface area contributed by atoms with Crippen LogP contribution in [-0.2, 0) is 25.7 Å². The van der Waals surface area contributed by atoms with Crippen molar-refractivity contribution in [2.24, 2.45) is 0 Å². The van der Waals surface area contributed by atoms with Crippen molar-refractivity contribution in [3.8, 4) is 17.2 Å². The van der Waals surface area contributed by atoms with E-state index < -0.39 is 0 Å². The van der Waals surface area contributed by atoms with Gasteiger partial charge in [-0.15, -0.1) is 0 Å². The van der Waals surface area contributed by atoms with E-state index in [2.05, 4.69) is 76.2 Å². The zero-order valence-electron chi connectivity index (χ0n) is 27.8. The highest BCUT2D eigenvalue weighted by Gasteiger charge is 1.89. The van der Waals surface area contributed by atoms with Crippen molar-refractivity contribution in [3.63, 3.8) is 0 Å². The molecule has 0 unspecified atom stereocenters. The highest BCUT2D eigenvalue weighted by molar-refractivity contribution is 5.24. The van der Waals surface area contributed by atoms with Gasteiger partial charge in [-0.3, -0.25) is 0 Å². The number of methoxy groups -OCH3 is 3. The van der Waals surface area contributed by atoms with Gasteiger partial charge in [0.1, 0.15) is 17.2 Å². The van der Waals surface area contributed by atoms with E-state index in [1.54, 1.807) is 21.3 Å². The molecule has 46 heavy (non-hydrogen) atoms. The van der Waals surface area contributed by atoms with Crippen molar-refractivity contribution >= 4 is 0 Å². The first kappa shape index (κ1) is 43.6. The molecule has 0 radical (unpaired) electrons. The standard InChI is InChI=1S/2C10H14.3C7H8O.2CH4/c2*1-3-9-5-7-10(4-2)8-6-9;3*1-8-7-5-3-2-4-6-7;;/h2*5-8H,3-4H2,1-2H3;3*2-6H,1H3;2*1H4. The van der Waals surface area contributed by atoms with E-state index in [0.29, 0.717) is 0 Å². The van der Waals surface area contributed by atoms with Gasteiger partial charge in [0.2, 0.25) is 0 Å². The van der Waals surface area contributed by atoms with E-state index in [9.17, 15) is 0 Å². The van der Waals surface area contributed by atoms with E-state index in [-0.39, 0.29) is 14.9 Å². The highest BCUT2D eigenvalue weighted by atomic mass is 16.5. The summed E-state index contributed by atoms with van der Waals surface area (Å²) in [7, 11) is 4.99. The molecule has 5 aromatic carbocycles. The summed E-state index contributed by atoms with van der Waals surface area (Å²) in [5.41, 5.74) is 5.71. The summed E-state index contributed by atoms with van der Waals surface area (Å²) in [5, 5.41) is 0. The second kappa shape index (κ2) is 29.2. The van der Waals surface area contributed by atoms with Crippen LogP contribution >= 0.6 is 0 Å². The van der Waals surface area contributed by atoms with Gasteiger partial charge in [0, 0.05) is 0 Å². The molecule has 3 heteroatoms. The fourth-order valence-corrected chi connectivity index (χ4v) is 3.69. The lowest BCUT2D eigenvalue weighted by Gasteiger charge is -1.97. The molecule has 0 atom stereocenters. The number of rotatable bonds is 7. The van der Waals surface area contributed by atoms with Crippen LogP contribution in [0.15, 0.2) is 140 Å². The van der Waals surface area contributed by atoms with E-state index >= 15 is 0 Å². The second-order valence-corrected chi connectivity index (χ2v) is 9.60. The second-order valence-electron chi connectivity index (χ2n) is 9.60. The third kappa shape index (κ3) is 20.5. The van der Waals surface area contributed by atoms with Gasteiger partial charge in [-0.1, -0.05) is 146 Å². The Balaban J connectivity index is 0.